The van der Waals surface area contributed by atoms with Crippen LogP contribution in [0.2, 0.25) is 0 Å². The molecule has 39 heavy (non-hydrogen) atoms. The number of anilines is 1. The smallest absolute Gasteiger partial charge is 0.242 e. The molecular weight excluding hydrogens is 504 g/mol. The molecule has 0 aliphatic carbocycles. The first kappa shape index (κ1) is 27.8. The monoisotopic (exact) mass is 536 g/mol. The highest BCUT2D eigenvalue weighted by Crippen LogP contribution is 2.30. The van der Waals surface area contributed by atoms with E-state index in [9.17, 15) is 4.79 Å². The lowest BCUT2D eigenvalue weighted by atomic mass is 9.85. The summed E-state index contributed by atoms with van der Waals surface area (Å²) >= 11 is 0. The maximum atomic E-state index is 13.3. The van der Waals surface area contributed by atoms with E-state index in [0.717, 1.165) is 40.2 Å². The maximum absolute atomic E-state index is 13.3. The van der Waals surface area contributed by atoms with Crippen LogP contribution in [0.5, 0.6) is 0 Å². The van der Waals surface area contributed by atoms with E-state index in [2.05, 4.69) is 24.4 Å². The first-order chi connectivity index (χ1) is 18.5. The summed E-state index contributed by atoms with van der Waals surface area (Å²) < 4.78 is 2.04. The van der Waals surface area contributed by atoms with E-state index in [1.54, 1.807) is 0 Å². The van der Waals surface area contributed by atoms with Gasteiger partial charge in [0.2, 0.25) is 5.91 Å². The van der Waals surface area contributed by atoms with Crippen molar-refractivity contribution in [2.45, 2.75) is 32.4 Å². The second-order valence-electron chi connectivity index (χ2n) is 9.58. The molecule has 0 spiro atoms. The summed E-state index contributed by atoms with van der Waals surface area (Å²) in [6, 6.07) is 37.4. The number of halogens is 1. The zero-order valence-corrected chi connectivity index (χ0v) is 22.9. The van der Waals surface area contributed by atoms with Crippen molar-refractivity contribution in [2.75, 3.05) is 5.32 Å². The van der Waals surface area contributed by atoms with Gasteiger partial charge in [0.1, 0.15) is 0 Å². The van der Waals surface area contributed by atoms with Gasteiger partial charge in [-0.05, 0) is 48.2 Å². The van der Waals surface area contributed by atoms with Gasteiger partial charge in [0, 0.05) is 22.9 Å². The Hall–Kier alpha value is -4.19. The molecule has 0 saturated heterocycles. The number of amides is 1. The number of benzene rings is 4. The van der Waals surface area contributed by atoms with Gasteiger partial charge in [0.25, 0.3) is 0 Å². The standard InChI is InChI=1S/C33H32N4O.ClH/c1-23-30(24(2)37(36-23)22-25-12-6-3-7-13-25)28-18-20-29(21-19-28)35-33(38)32(34)31(26-14-8-4-9-15-26)27-16-10-5-11-17-27;/h3-21,31-32H,22,34H2,1-2H3,(H,35,38);1H. The average Bonchev–Trinajstić information content (AvgIpc) is 3.23. The number of carbonyl (C=O) groups is 1. The Labute approximate surface area is 236 Å². The molecular formula is C33H33ClN4O. The lowest BCUT2D eigenvalue weighted by Gasteiger charge is -2.24. The molecule has 5 nitrogen and oxygen atoms in total. The molecule has 1 atom stereocenters. The molecule has 4 aromatic carbocycles. The molecule has 0 radical (unpaired) electrons. The second kappa shape index (κ2) is 12.6. The highest BCUT2D eigenvalue weighted by Gasteiger charge is 2.27. The fourth-order valence-electron chi connectivity index (χ4n) is 5.05. The molecule has 0 saturated carbocycles. The predicted octanol–water partition coefficient (Wildman–Crippen LogP) is 6.73. The maximum Gasteiger partial charge on any atom is 0.242 e. The number of nitrogens with one attached hydrogen (secondary N) is 1. The fourth-order valence-corrected chi connectivity index (χ4v) is 5.05. The van der Waals surface area contributed by atoms with Crippen molar-refractivity contribution in [1.82, 2.24) is 9.78 Å². The summed E-state index contributed by atoms with van der Waals surface area (Å²) in [5, 5.41) is 7.81. The Kier molecular flexibility index (Phi) is 8.97. The van der Waals surface area contributed by atoms with Gasteiger partial charge in [0.05, 0.1) is 18.3 Å². The van der Waals surface area contributed by atoms with Crippen molar-refractivity contribution < 1.29 is 4.79 Å². The first-order valence-electron chi connectivity index (χ1n) is 12.9. The molecule has 0 fully saturated rings. The van der Waals surface area contributed by atoms with Crippen molar-refractivity contribution in [3.8, 4) is 11.1 Å². The molecule has 1 heterocycles. The van der Waals surface area contributed by atoms with Gasteiger partial charge in [-0.15, -0.1) is 12.4 Å². The van der Waals surface area contributed by atoms with Gasteiger partial charge in [-0.2, -0.15) is 5.10 Å². The third kappa shape index (κ3) is 6.28. The predicted molar refractivity (Wildman–Crippen MR) is 161 cm³/mol. The second-order valence-corrected chi connectivity index (χ2v) is 9.58. The zero-order valence-electron chi connectivity index (χ0n) is 22.1. The summed E-state index contributed by atoms with van der Waals surface area (Å²) in [4.78, 5) is 13.3. The quantitative estimate of drug-likeness (QED) is 0.231. The van der Waals surface area contributed by atoms with Crippen LogP contribution in [0.3, 0.4) is 0 Å². The van der Waals surface area contributed by atoms with Crippen LogP contribution in [0.25, 0.3) is 11.1 Å². The van der Waals surface area contributed by atoms with Crippen LogP contribution in [-0.2, 0) is 11.3 Å². The molecule has 0 aliphatic rings. The Bertz CT molecular complexity index is 1460. The molecule has 198 valence electrons. The van der Waals surface area contributed by atoms with Crippen molar-refractivity contribution in [2.24, 2.45) is 5.73 Å². The van der Waals surface area contributed by atoms with Crippen LogP contribution in [0.1, 0.15) is 34.0 Å². The van der Waals surface area contributed by atoms with E-state index in [4.69, 9.17) is 10.8 Å². The highest BCUT2D eigenvalue weighted by molar-refractivity contribution is 5.96. The fraction of sp³-hybridized carbons (Fsp3) is 0.152. The van der Waals surface area contributed by atoms with E-state index >= 15 is 0 Å². The van der Waals surface area contributed by atoms with E-state index in [1.165, 1.54) is 5.56 Å². The molecule has 6 heteroatoms. The third-order valence-corrected chi connectivity index (χ3v) is 6.98. The van der Waals surface area contributed by atoms with E-state index in [0.29, 0.717) is 5.69 Å². The summed E-state index contributed by atoms with van der Waals surface area (Å²) in [6.07, 6.45) is 0. The Morgan fingerprint density at radius 3 is 1.85 bits per heavy atom. The van der Waals surface area contributed by atoms with Gasteiger partial charge in [-0.1, -0.05) is 103 Å². The molecule has 1 unspecified atom stereocenters. The van der Waals surface area contributed by atoms with Gasteiger partial charge >= 0.3 is 0 Å². The number of carbonyl (C=O) groups excluding carboxylic acids is 1. The van der Waals surface area contributed by atoms with E-state index < -0.39 is 6.04 Å². The van der Waals surface area contributed by atoms with Crippen LogP contribution >= 0.6 is 12.4 Å². The van der Waals surface area contributed by atoms with Crippen molar-refractivity contribution >= 4 is 24.0 Å². The molecule has 0 bridgehead atoms. The van der Waals surface area contributed by atoms with Gasteiger partial charge in [-0.3, -0.25) is 9.48 Å². The van der Waals surface area contributed by atoms with Crippen molar-refractivity contribution in [3.63, 3.8) is 0 Å². The number of rotatable bonds is 8. The number of aromatic nitrogens is 2. The topological polar surface area (TPSA) is 72.9 Å². The van der Waals surface area contributed by atoms with Crippen LogP contribution in [0, 0.1) is 13.8 Å². The van der Waals surface area contributed by atoms with Crippen molar-refractivity contribution in [3.05, 3.63) is 143 Å². The number of nitrogens with zero attached hydrogens (tertiary/aromatic N) is 2. The van der Waals surface area contributed by atoms with Gasteiger partial charge in [-0.25, -0.2) is 0 Å². The minimum absolute atomic E-state index is 0. The highest BCUT2D eigenvalue weighted by atomic mass is 35.5. The number of hydrogen-bond acceptors (Lipinski definition) is 3. The molecule has 1 aromatic heterocycles. The number of nitrogens with two attached hydrogens (primary N) is 1. The Morgan fingerprint density at radius 2 is 1.31 bits per heavy atom. The average molecular weight is 537 g/mol. The SMILES string of the molecule is Cc1nn(Cc2ccccc2)c(C)c1-c1ccc(NC(=O)C(N)C(c2ccccc2)c2ccccc2)cc1.Cl. The molecule has 3 N–H and O–H groups in total. The van der Waals surface area contributed by atoms with Crippen molar-refractivity contribution in [1.29, 1.82) is 0 Å². The molecule has 1 amide bonds. The Morgan fingerprint density at radius 1 is 0.795 bits per heavy atom. The third-order valence-electron chi connectivity index (χ3n) is 6.98. The van der Waals surface area contributed by atoms with Crippen LogP contribution in [-0.4, -0.2) is 21.7 Å². The zero-order chi connectivity index (χ0) is 26.5. The van der Waals surface area contributed by atoms with E-state index in [-0.39, 0.29) is 24.2 Å². The summed E-state index contributed by atoms with van der Waals surface area (Å²) in [5.41, 5.74) is 14.8. The largest absolute Gasteiger partial charge is 0.325 e. The lowest BCUT2D eigenvalue weighted by Crippen LogP contribution is -2.41. The van der Waals surface area contributed by atoms with E-state index in [1.807, 2.05) is 115 Å². The minimum atomic E-state index is -0.750. The molecule has 0 aliphatic heterocycles. The summed E-state index contributed by atoms with van der Waals surface area (Å²) in [7, 11) is 0. The van der Waals surface area contributed by atoms with Crippen LogP contribution < -0.4 is 11.1 Å². The first-order valence-corrected chi connectivity index (χ1v) is 12.9. The number of hydrogen-bond donors (Lipinski definition) is 2. The van der Waals surface area contributed by atoms with Crippen LogP contribution in [0.4, 0.5) is 5.69 Å². The lowest BCUT2D eigenvalue weighted by molar-refractivity contribution is -0.117. The summed E-state index contributed by atoms with van der Waals surface area (Å²) in [5.74, 6) is -0.476. The van der Waals surface area contributed by atoms with Gasteiger partial charge in [0.15, 0.2) is 0 Å². The molecule has 5 rings (SSSR count). The normalized spacial score (nSPS) is 11.6. The van der Waals surface area contributed by atoms with Crippen LogP contribution in [0.15, 0.2) is 115 Å². The summed E-state index contributed by atoms with van der Waals surface area (Å²) in [6.45, 7) is 4.86. The Balaban J connectivity index is 0.00000353. The number of aryl methyl sites for hydroxylation is 1. The minimum Gasteiger partial charge on any atom is -0.325 e. The molecule has 5 aromatic rings. The van der Waals surface area contributed by atoms with Gasteiger partial charge < -0.3 is 11.1 Å².